The third-order valence-corrected chi connectivity index (χ3v) is 5.56. The molecule has 1 aliphatic heterocycles. The Morgan fingerprint density at radius 2 is 2.19 bits per heavy atom. The lowest BCUT2D eigenvalue weighted by Crippen LogP contribution is -2.37. The minimum Gasteiger partial charge on any atom is -0.452 e. The van der Waals surface area contributed by atoms with E-state index in [1.807, 2.05) is 24.4 Å². The standard InChI is InChI=1S/C17H17N3O4S2/c1-11-19-12(9-25-11)10-26-14-5-3-2-4-13(14)16(22)24-8-15(21)20-7-6-18-17(20)23/h2-5,9H,6-8,10H2,1H3,(H,18,23). The van der Waals surface area contributed by atoms with E-state index < -0.39 is 24.5 Å². The molecule has 0 spiro atoms. The van der Waals surface area contributed by atoms with Gasteiger partial charge in [-0.05, 0) is 19.1 Å². The number of nitrogens with zero attached hydrogens (tertiary/aromatic N) is 2. The zero-order valence-electron chi connectivity index (χ0n) is 14.1. The lowest BCUT2D eigenvalue weighted by Gasteiger charge is -2.13. The van der Waals surface area contributed by atoms with Crippen molar-refractivity contribution in [1.29, 1.82) is 0 Å². The average Bonchev–Trinajstić information content (AvgIpc) is 3.26. The molecule has 1 aromatic heterocycles. The van der Waals surface area contributed by atoms with Gasteiger partial charge in [-0.25, -0.2) is 14.6 Å². The van der Waals surface area contributed by atoms with Gasteiger partial charge >= 0.3 is 12.0 Å². The van der Waals surface area contributed by atoms with E-state index in [9.17, 15) is 14.4 Å². The van der Waals surface area contributed by atoms with E-state index in [4.69, 9.17) is 4.74 Å². The molecule has 136 valence electrons. The van der Waals surface area contributed by atoms with Gasteiger partial charge in [0.25, 0.3) is 5.91 Å². The number of esters is 1. The summed E-state index contributed by atoms with van der Waals surface area (Å²) in [6, 6.07) is 6.61. The fourth-order valence-electron chi connectivity index (χ4n) is 2.38. The number of ether oxygens (including phenoxy) is 1. The molecular weight excluding hydrogens is 374 g/mol. The summed E-state index contributed by atoms with van der Waals surface area (Å²) < 4.78 is 5.11. The first kappa shape index (κ1) is 18.4. The number of thioether (sulfide) groups is 1. The fourth-order valence-corrected chi connectivity index (χ4v) is 4.03. The molecule has 26 heavy (non-hydrogen) atoms. The first-order chi connectivity index (χ1) is 12.5. The van der Waals surface area contributed by atoms with Gasteiger partial charge in [-0.2, -0.15) is 0 Å². The average molecular weight is 391 g/mol. The van der Waals surface area contributed by atoms with Crippen LogP contribution in [0.5, 0.6) is 0 Å². The molecule has 3 rings (SSSR count). The Bertz CT molecular complexity index is 837. The van der Waals surface area contributed by atoms with Gasteiger partial charge < -0.3 is 10.1 Å². The fraction of sp³-hybridized carbons (Fsp3) is 0.294. The molecule has 1 N–H and O–H groups in total. The number of carbonyl (C=O) groups excluding carboxylic acids is 3. The second-order valence-electron chi connectivity index (χ2n) is 5.50. The van der Waals surface area contributed by atoms with Crippen LogP contribution in [0.3, 0.4) is 0 Å². The lowest BCUT2D eigenvalue weighted by atomic mass is 10.2. The van der Waals surface area contributed by atoms with E-state index in [0.29, 0.717) is 17.9 Å². The van der Waals surface area contributed by atoms with Crippen molar-refractivity contribution in [2.45, 2.75) is 17.6 Å². The molecule has 0 radical (unpaired) electrons. The van der Waals surface area contributed by atoms with Crippen LogP contribution >= 0.6 is 23.1 Å². The monoisotopic (exact) mass is 391 g/mol. The second-order valence-corrected chi connectivity index (χ2v) is 7.58. The quantitative estimate of drug-likeness (QED) is 0.601. The van der Waals surface area contributed by atoms with Crippen LogP contribution in [0.15, 0.2) is 34.5 Å². The third-order valence-electron chi connectivity index (χ3n) is 3.63. The molecule has 1 saturated heterocycles. The first-order valence-electron chi connectivity index (χ1n) is 7.93. The number of aromatic nitrogens is 1. The Morgan fingerprint density at radius 1 is 1.38 bits per heavy atom. The van der Waals surface area contributed by atoms with Crippen LogP contribution in [-0.4, -0.2) is 47.5 Å². The normalized spacial score (nSPS) is 13.6. The molecule has 0 aliphatic carbocycles. The van der Waals surface area contributed by atoms with Gasteiger partial charge in [-0.15, -0.1) is 23.1 Å². The van der Waals surface area contributed by atoms with E-state index in [2.05, 4.69) is 10.3 Å². The Labute approximate surface area is 158 Å². The molecule has 1 aromatic carbocycles. The van der Waals surface area contributed by atoms with Crippen molar-refractivity contribution in [3.63, 3.8) is 0 Å². The van der Waals surface area contributed by atoms with Crippen molar-refractivity contribution < 1.29 is 19.1 Å². The highest BCUT2D eigenvalue weighted by atomic mass is 32.2. The summed E-state index contributed by atoms with van der Waals surface area (Å²) in [5.41, 5.74) is 1.35. The van der Waals surface area contributed by atoms with Crippen molar-refractivity contribution in [2.75, 3.05) is 19.7 Å². The van der Waals surface area contributed by atoms with E-state index in [0.717, 1.165) is 20.5 Å². The second kappa shape index (κ2) is 8.33. The number of carbonyl (C=O) groups is 3. The SMILES string of the molecule is Cc1nc(CSc2ccccc2C(=O)OCC(=O)N2CCNC2=O)cs1. The Hall–Kier alpha value is -2.39. The predicted molar refractivity (Wildman–Crippen MR) is 98.2 cm³/mol. The molecule has 0 atom stereocenters. The Morgan fingerprint density at radius 3 is 2.88 bits per heavy atom. The lowest BCUT2D eigenvalue weighted by molar-refractivity contribution is -0.130. The highest BCUT2D eigenvalue weighted by molar-refractivity contribution is 7.98. The van der Waals surface area contributed by atoms with Gasteiger partial charge in [0.05, 0.1) is 16.3 Å². The molecule has 3 amide bonds. The largest absolute Gasteiger partial charge is 0.452 e. The van der Waals surface area contributed by atoms with Gasteiger partial charge in [0.1, 0.15) is 0 Å². The van der Waals surface area contributed by atoms with Crippen molar-refractivity contribution in [2.24, 2.45) is 0 Å². The maximum absolute atomic E-state index is 12.4. The van der Waals surface area contributed by atoms with Gasteiger partial charge in [0, 0.05) is 29.1 Å². The molecule has 0 bridgehead atoms. The van der Waals surface area contributed by atoms with Gasteiger partial charge in [-0.1, -0.05) is 12.1 Å². The summed E-state index contributed by atoms with van der Waals surface area (Å²) in [6.45, 7) is 2.18. The molecule has 1 fully saturated rings. The van der Waals surface area contributed by atoms with E-state index in [1.165, 1.54) is 11.8 Å². The van der Waals surface area contributed by atoms with E-state index in [1.54, 1.807) is 23.5 Å². The highest BCUT2D eigenvalue weighted by Gasteiger charge is 2.27. The molecule has 7 nitrogen and oxygen atoms in total. The van der Waals surface area contributed by atoms with Crippen LogP contribution in [-0.2, 0) is 15.3 Å². The number of imide groups is 1. The number of urea groups is 1. The van der Waals surface area contributed by atoms with Crippen molar-refractivity contribution >= 4 is 41.0 Å². The number of amides is 3. The summed E-state index contributed by atoms with van der Waals surface area (Å²) in [5, 5.41) is 5.52. The number of hydrogen-bond donors (Lipinski definition) is 1. The van der Waals surface area contributed by atoms with E-state index >= 15 is 0 Å². The zero-order valence-corrected chi connectivity index (χ0v) is 15.7. The topological polar surface area (TPSA) is 88.6 Å². The summed E-state index contributed by atoms with van der Waals surface area (Å²) >= 11 is 3.07. The Balaban J connectivity index is 1.60. The van der Waals surface area contributed by atoms with Crippen molar-refractivity contribution in [3.8, 4) is 0 Å². The van der Waals surface area contributed by atoms with Crippen LogP contribution in [0.4, 0.5) is 4.79 Å². The molecule has 2 heterocycles. The van der Waals surface area contributed by atoms with Crippen LogP contribution in [0.25, 0.3) is 0 Å². The third kappa shape index (κ3) is 4.41. The van der Waals surface area contributed by atoms with Crippen molar-refractivity contribution in [1.82, 2.24) is 15.2 Å². The maximum atomic E-state index is 12.4. The van der Waals surface area contributed by atoms with Crippen LogP contribution < -0.4 is 5.32 Å². The number of nitrogens with one attached hydrogen (secondary N) is 1. The minimum atomic E-state index is -0.587. The molecule has 0 saturated carbocycles. The Kier molecular flexibility index (Phi) is 5.89. The summed E-state index contributed by atoms with van der Waals surface area (Å²) in [7, 11) is 0. The number of hydrogen-bond acceptors (Lipinski definition) is 7. The summed E-state index contributed by atoms with van der Waals surface area (Å²) in [6.07, 6.45) is 0. The van der Waals surface area contributed by atoms with E-state index in [-0.39, 0.29) is 6.54 Å². The van der Waals surface area contributed by atoms with Crippen LogP contribution in [0, 0.1) is 6.92 Å². The molecule has 9 heteroatoms. The number of thiazole rings is 1. The molecule has 1 aliphatic rings. The maximum Gasteiger partial charge on any atom is 0.339 e. The zero-order chi connectivity index (χ0) is 18.5. The minimum absolute atomic E-state index is 0.286. The van der Waals surface area contributed by atoms with Crippen LogP contribution in [0.2, 0.25) is 0 Å². The number of aryl methyl sites for hydroxylation is 1. The molecular formula is C17H17N3O4S2. The first-order valence-corrected chi connectivity index (χ1v) is 9.79. The van der Waals surface area contributed by atoms with Gasteiger partial charge in [0.15, 0.2) is 6.61 Å². The molecule has 2 aromatic rings. The van der Waals surface area contributed by atoms with Crippen molar-refractivity contribution in [3.05, 3.63) is 45.9 Å². The van der Waals surface area contributed by atoms with Gasteiger partial charge in [0.2, 0.25) is 0 Å². The van der Waals surface area contributed by atoms with Crippen LogP contribution in [0.1, 0.15) is 21.1 Å². The highest BCUT2D eigenvalue weighted by Crippen LogP contribution is 2.27. The number of benzene rings is 1. The smallest absolute Gasteiger partial charge is 0.339 e. The van der Waals surface area contributed by atoms with Gasteiger partial charge in [-0.3, -0.25) is 9.69 Å². The summed E-state index contributed by atoms with van der Waals surface area (Å²) in [5.74, 6) is -0.478. The summed E-state index contributed by atoms with van der Waals surface area (Å²) in [4.78, 5) is 42.0. The predicted octanol–water partition coefficient (Wildman–Crippen LogP) is 2.45. The molecule has 0 unspecified atom stereocenters. The number of rotatable bonds is 6.